The third kappa shape index (κ3) is 1.87. The normalized spacial score (nSPS) is 12.6. The van der Waals surface area contributed by atoms with Crippen LogP contribution in [-0.2, 0) is 0 Å². The number of aliphatic hydroxyl groups is 1. The summed E-state index contributed by atoms with van der Waals surface area (Å²) < 4.78 is 0. The molecule has 0 aliphatic carbocycles. The number of aliphatic hydroxyl groups excluding tert-OH is 1. The molecule has 1 N–H and O–H groups in total. The number of benzene rings is 1. The summed E-state index contributed by atoms with van der Waals surface area (Å²) in [6.45, 7) is 3.23. The molecule has 1 atom stereocenters. The van der Waals surface area contributed by atoms with E-state index in [1.54, 1.807) is 24.3 Å². The van der Waals surface area contributed by atoms with Crippen molar-refractivity contribution in [2.24, 2.45) is 0 Å². The van der Waals surface area contributed by atoms with E-state index in [9.17, 15) is 4.79 Å². The van der Waals surface area contributed by atoms with Gasteiger partial charge in [-0.1, -0.05) is 18.2 Å². The average molecular weight is 181 g/mol. The minimum atomic E-state index is -1.21. The van der Waals surface area contributed by atoms with Gasteiger partial charge in [0, 0.05) is 10.5 Å². The Morgan fingerprint density at radius 2 is 2.08 bits per heavy atom. The van der Waals surface area contributed by atoms with Crippen molar-refractivity contribution in [3.8, 4) is 0 Å². The Morgan fingerprint density at radius 3 is 2.58 bits per heavy atom. The standard InChI is InChI=1S/C9H9O2S/c1-6(10)9(11)7-4-2-3-5-8(7)12/h2-6,10,12H,1H2. The van der Waals surface area contributed by atoms with Crippen molar-refractivity contribution in [1.82, 2.24) is 0 Å². The maximum absolute atomic E-state index is 11.2. The molecule has 0 bridgehead atoms. The first-order valence-corrected chi connectivity index (χ1v) is 3.91. The number of hydrogen-bond acceptors (Lipinski definition) is 3. The molecule has 0 aromatic heterocycles. The summed E-state index contributed by atoms with van der Waals surface area (Å²) >= 11 is 4.07. The molecule has 1 radical (unpaired) electrons. The first-order valence-electron chi connectivity index (χ1n) is 3.46. The second-order valence-electron chi connectivity index (χ2n) is 2.40. The van der Waals surface area contributed by atoms with Crippen molar-refractivity contribution in [2.75, 3.05) is 0 Å². The highest BCUT2D eigenvalue weighted by molar-refractivity contribution is 7.80. The zero-order valence-electron chi connectivity index (χ0n) is 6.40. The van der Waals surface area contributed by atoms with Gasteiger partial charge in [-0.2, -0.15) is 0 Å². The molecule has 1 rings (SSSR count). The maximum atomic E-state index is 11.2. The largest absolute Gasteiger partial charge is 0.385 e. The molecule has 12 heavy (non-hydrogen) atoms. The molecular weight excluding hydrogens is 172 g/mol. The Morgan fingerprint density at radius 1 is 1.50 bits per heavy atom. The van der Waals surface area contributed by atoms with Crippen molar-refractivity contribution < 1.29 is 9.90 Å². The molecule has 0 aliphatic rings. The maximum Gasteiger partial charge on any atom is 0.192 e. The lowest BCUT2D eigenvalue weighted by Gasteiger charge is -2.04. The number of hydrogen-bond donors (Lipinski definition) is 2. The smallest absolute Gasteiger partial charge is 0.192 e. The predicted octanol–water partition coefficient (Wildman–Crippen LogP) is 1.35. The molecule has 3 heteroatoms. The van der Waals surface area contributed by atoms with Gasteiger partial charge in [-0.25, -0.2) is 0 Å². The zero-order valence-corrected chi connectivity index (χ0v) is 7.29. The van der Waals surface area contributed by atoms with Gasteiger partial charge in [0.05, 0.1) is 0 Å². The van der Waals surface area contributed by atoms with E-state index in [4.69, 9.17) is 5.11 Å². The van der Waals surface area contributed by atoms with E-state index >= 15 is 0 Å². The molecule has 0 saturated heterocycles. The summed E-state index contributed by atoms with van der Waals surface area (Å²) in [5.74, 6) is -0.402. The van der Waals surface area contributed by atoms with E-state index in [0.29, 0.717) is 10.5 Å². The predicted molar refractivity (Wildman–Crippen MR) is 49.4 cm³/mol. The van der Waals surface area contributed by atoms with Gasteiger partial charge in [-0.3, -0.25) is 4.79 Å². The Labute approximate surface area is 76.6 Å². The lowest BCUT2D eigenvalue weighted by Crippen LogP contribution is -2.16. The van der Waals surface area contributed by atoms with Gasteiger partial charge in [0.2, 0.25) is 0 Å². The van der Waals surface area contributed by atoms with Crippen LogP contribution in [-0.4, -0.2) is 17.0 Å². The monoisotopic (exact) mass is 181 g/mol. The molecule has 0 aliphatic heterocycles. The van der Waals surface area contributed by atoms with Crippen LogP contribution in [0.1, 0.15) is 10.4 Å². The zero-order chi connectivity index (χ0) is 9.14. The second kappa shape index (κ2) is 3.74. The lowest BCUT2D eigenvalue weighted by molar-refractivity contribution is 0.0813. The van der Waals surface area contributed by atoms with Crippen LogP contribution in [0, 0.1) is 6.92 Å². The minimum absolute atomic E-state index is 0.402. The van der Waals surface area contributed by atoms with E-state index in [1.807, 2.05) is 0 Å². The Balaban J connectivity index is 3.03. The van der Waals surface area contributed by atoms with Crippen LogP contribution in [0.25, 0.3) is 0 Å². The van der Waals surface area contributed by atoms with Crippen molar-refractivity contribution >= 4 is 18.4 Å². The molecule has 0 spiro atoms. The fourth-order valence-corrected chi connectivity index (χ4v) is 1.13. The Bertz CT molecular complexity index is 294. The van der Waals surface area contributed by atoms with E-state index in [2.05, 4.69) is 19.6 Å². The molecule has 0 saturated carbocycles. The quantitative estimate of drug-likeness (QED) is 0.534. The minimum Gasteiger partial charge on any atom is -0.385 e. The molecule has 2 nitrogen and oxygen atoms in total. The fraction of sp³-hybridized carbons (Fsp3) is 0.111. The molecule has 1 unspecified atom stereocenters. The molecule has 0 amide bonds. The molecule has 0 heterocycles. The van der Waals surface area contributed by atoms with Gasteiger partial charge in [0.15, 0.2) is 5.78 Å². The Hall–Kier alpha value is -0.800. The summed E-state index contributed by atoms with van der Waals surface area (Å²) in [5.41, 5.74) is 0.406. The SMILES string of the molecule is [CH2]C(O)C(=O)c1ccccc1S. The molecule has 63 valence electrons. The summed E-state index contributed by atoms with van der Waals surface area (Å²) in [6, 6.07) is 6.79. The highest BCUT2D eigenvalue weighted by atomic mass is 32.1. The number of carbonyl (C=O) groups excluding carboxylic acids is 1. The van der Waals surface area contributed by atoms with E-state index in [0.717, 1.165) is 0 Å². The fourth-order valence-electron chi connectivity index (χ4n) is 0.861. The van der Waals surface area contributed by atoms with E-state index < -0.39 is 11.9 Å². The van der Waals surface area contributed by atoms with E-state index in [1.165, 1.54) is 0 Å². The van der Waals surface area contributed by atoms with Crippen LogP contribution in [0.5, 0.6) is 0 Å². The van der Waals surface area contributed by atoms with Crippen molar-refractivity contribution in [1.29, 1.82) is 0 Å². The summed E-state index contributed by atoms with van der Waals surface area (Å²) in [6.07, 6.45) is -1.21. The number of thiol groups is 1. The van der Waals surface area contributed by atoms with Crippen LogP contribution in [0.3, 0.4) is 0 Å². The van der Waals surface area contributed by atoms with Gasteiger partial charge < -0.3 is 5.11 Å². The van der Waals surface area contributed by atoms with Crippen LogP contribution in [0.2, 0.25) is 0 Å². The first-order chi connectivity index (χ1) is 5.63. The second-order valence-corrected chi connectivity index (χ2v) is 2.88. The van der Waals surface area contributed by atoms with Crippen molar-refractivity contribution in [3.05, 3.63) is 36.8 Å². The lowest BCUT2D eigenvalue weighted by atomic mass is 10.1. The van der Waals surface area contributed by atoms with E-state index in [-0.39, 0.29) is 0 Å². The van der Waals surface area contributed by atoms with Gasteiger partial charge in [0.1, 0.15) is 6.10 Å². The highest BCUT2D eigenvalue weighted by Gasteiger charge is 2.13. The summed E-state index contributed by atoms with van der Waals surface area (Å²) in [7, 11) is 0. The Kier molecular flexibility index (Phi) is 2.89. The van der Waals surface area contributed by atoms with Gasteiger partial charge in [-0.05, 0) is 13.0 Å². The van der Waals surface area contributed by atoms with Crippen molar-refractivity contribution in [2.45, 2.75) is 11.0 Å². The third-order valence-corrected chi connectivity index (χ3v) is 1.86. The first kappa shape index (κ1) is 9.29. The van der Waals surface area contributed by atoms with Crippen LogP contribution < -0.4 is 0 Å². The van der Waals surface area contributed by atoms with Crippen molar-refractivity contribution in [3.63, 3.8) is 0 Å². The topological polar surface area (TPSA) is 37.3 Å². The molecular formula is C9H9O2S. The highest BCUT2D eigenvalue weighted by Crippen LogP contribution is 2.14. The van der Waals surface area contributed by atoms with Gasteiger partial charge in [-0.15, -0.1) is 12.6 Å². The third-order valence-electron chi connectivity index (χ3n) is 1.47. The summed E-state index contributed by atoms with van der Waals surface area (Å²) in [4.78, 5) is 11.8. The van der Waals surface area contributed by atoms with Crippen LogP contribution >= 0.6 is 12.6 Å². The number of rotatable bonds is 2. The number of Topliss-reactive ketones (excluding diaryl/α,β-unsaturated/α-hetero) is 1. The van der Waals surface area contributed by atoms with Gasteiger partial charge in [0.25, 0.3) is 0 Å². The summed E-state index contributed by atoms with van der Waals surface area (Å²) in [5, 5.41) is 8.90. The molecule has 1 aromatic rings. The van der Waals surface area contributed by atoms with Crippen LogP contribution in [0.15, 0.2) is 29.2 Å². The average Bonchev–Trinajstić information content (AvgIpc) is 2.04. The molecule has 1 aromatic carbocycles. The number of carbonyl (C=O) groups is 1. The van der Waals surface area contributed by atoms with Gasteiger partial charge >= 0.3 is 0 Å². The van der Waals surface area contributed by atoms with Crippen LogP contribution in [0.4, 0.5) is 0 Å². The number of ketones is 1. The molecule has 0 fully saturated rings.